The Kier molecular flexibility index (Phi) is 6.70. The molecule has 2 aromatic carbocycles. The van der Waals surface area contributed by atoms with Crippen LogP contribution in [0, 0.1) is 17.3 Å². The van der Waals surface area contributed by atoms with Crippen LogP contribution >= 0.6 is 55.1 Å². The molecule has 0 aromatic heterocycles. The highest BCUT2D eigenvalue weighted by molar-refractivity contribution is 9.26. The van der Waals surface area contributed by atoms with E-state index in [1.807, 2.05) is 68.4 Å². The van der Waals surface area contributed by atoms with E-state index in [4.69, 9.17) is 32.7 Å². The molecule has 7 heteroatoms. The van der Waals surface area contributed by atoms with Gasteiger partial charge in [0.25, 0.3) is 0 Å². The summed E-state index contributed by atoms with van der Waals surface area (Å²) in [5, 5.41) is -0.468. The fraction of sp³-hybridized carbons (Fsp3) is 0.381. The van der Waals surface area contributed by atoms with Gasteiger partial charge in [0.05, 0.1) is 11.3 Å². The molecule has 0 bridgehead atoms. The van der Waals surface area contributed by atoms with E-state index in [0.29, 0.717) is 5.75 Å². The van der Waals surface area contributed by atoms with E-state index in [1.54, 1.807) is 0 Å². The summed E-state index contributed by atoms with van der Waals surface area (Å²) < 4.78 is 10.4. The second-order valence-electron chi connectivity index (χ2n) is 7.44. The van der Waals surface area contributed by atoms with Gasteiger partial charge in [-0.1, -0.05) is 87.6 Å². The zero-order valence-electron chi connectivity index (χ0n) is 15.4. The number of alkyl halides is 4. The summed E-state index contributed by atoms with van der Waals surface area (Å²) in [6.45, 7) is 4.16. The van der Waals surface area contributed by atoms with E-state index >= 15 is 0 Å². The van der Waals surface area contributed by atoms with Gasteiger partial charge in [0.1, 0.15) is 18.1 Å². The Morgan fingerprint density at radius 2 is 1.79 bits per heavy atom. The Morgan fingerprint density at radius 3 is 2.43 bits per heavy atom. The van der Waals surface area contributed by atoms with Gasteiger partial charge in [-0.25, -0.2) is 0 Å². The van der Waals surface area contributed by atoms with Crippen molar-refractivity contribution in [1.29, 1.82) is 0 Å². The molecule has 1 unspecified atom stereocenters. The maximum atomic E-state index is 12.6. The van der Waals surface area contributed by atoms with Gasteiger partial charge in [-0.3, -0.25) is 4.79 Å². The van der Waals surface area contributed by atoms with Crippen LogP contribution in [0.1, 0.15) is 19.4 Å². The van der Waals surface area contributed by atoms with E-state index in [-0.39, 0.29) is 29.8 Å². The van der Waals surface area contributed by atoms with Gasteiger partial charge in [-0.2, -0.15) is 0 Å². The Labute approximate surface area is 191 Å². The lowest BCUT2D eigenvalue weighted by Crippen LogP contribution is -2.23. The zero-order valence-corrected chi connectivity index (χ0v) is 20.1. The van der Waals surface area contributed by atoms with Gasteiger partial charge in [0.2, 0.25) is 0 Å². The summed E-state index contributed by atoms with van der Waals surface area (Å²) in [7, 11) is 0. The SMILES string of the molecule is CC1(C)[C@H](C(=O)OCc2cccc(Oc3ccccc3)c2)[C@H]1C(Cl)C(Cl)(Br)Br. The maximum Gasteiger partial charge on any atom is 0.310 e. The third-order valence-electron chi connectivity index (χ3n) is 5.05. The first-order valence-electron chi connectivity index (χ1n) is 8.80. The lowest BCUT2D eigenvalue weighted by atomic mass is 10.1. The zero-order chi connectivity index (χ0) is 20.5. The number of carbonyl (C=O) groups excluding carboxylic acids is 1. The summed E-state index contributed by atoms with van der Waals surface area (Å²) >= 11 is 19.3. The molecule has 0 aliphatic heterocycles. The predicted octanol–water partition coefficient (Wildman–Crippen LogP) is 7.08. The molecular formula is C21H20Br2Cl2O3. The van der Waals surface area contributed by atoms with Crippen molar-refractivity contribution >= 4 is 61.0 Å². The number of esters is 1. The standard InChI is InChI=1S/C21H20Br2Cl2O3/c1-20(2)16(18(24)21(22,23)25)17(20)19(26)27-12-13-7-6-10-15(11-13)28-14-8-4-3-5-9-14/h3-11,16-18H,12H2,1-2H3/t16-,17-,18?/m0/s1. The van der Waals surface area contributed by atoms with E-state index in [2.05, 4.69) is 31.9 Å². The molecule has 0 spiro atoms. The van der Waals surface area contributed by atoms with Crippen molar-refractivity contribution in [2.45, 2.75) is 28.5 Å². The number of hydrogen-bond donors (Lipinski definition) is 0. The lowest BCUT2D eigenvalue weighted by Gasteiger charge is -2.20. The molecule has 1 saturated carbocycles. The average molecular weight is 551 g/mol. The number of ether oxygens (including phenoxy) is 2. The fourth-order valence-electron chi connectivity index (χ4n) is 3.45. The van der Waals surface area contributed by atoms with Crippen LogP contribution in [0.2, 0.25) is 0 Å². The van der Waals surface area contributed by atoms with Crippen molar-refractivity contribution in [1.82, 2.24) is 0 Å². The summed E-state index contributed by atoms with van der Waals surface area (Å²) in [4.78, 5) is 12.6. The second-order valence-corrected chi connectivity index (χ2v) is 13.0. The van der Waals surface area contributed by atoms with E-state index < -0.39 is 8.07 Å². The Balaban J connectivity index is 1.60. The number of para-hydroxylation sites is 1. The normalized spacial score (nSPS) is 21.6. The molecule has 0 radical (unpaired) electrons. The first kappa shape index (κ1) is 21.9. The Bertz CT molecular complexity index is 837. The van der Waals surface area contributed by atoms with Crippen LogP contribution in [0.4, 0.5) is 0 Å². The van der Waals surface area contributed by atoms with Crippen LogP contribution in [-0.4, -0.2) is 14.0 Å². The summed E-state index contributed by atoms with van der Waals surface area (Å²) in [5.74, 6) is 0.783. The van der Waals surface area contributed by atoms with Gasteiger partial charge in [-0.15, -0.1) is 11.6 Å². The number of rotatable bonds is 7. The third-order valence-corrected chi connectivity index (χ3v) is 7.51. The minimum absolute atomic E-state index is 0.0920. The molecule has 0 amide bonds. The second kappa shape index (κ2) is 8.55. The molecule has 2 aromatic rings. The average Bonchev–Trinajstić information content (AvgIpc) is 3.21. The summed E-state index contributed by atoms with van der Waals surface area (Å²) in [5.41, 5.74) is 0.579. The molecule has 0 heterocycles. The van der Waals surface area contributed by atoms with Crippen LogP contribution in [-0.2, 0) is 16.1 Å². The maximum absolute atomic E-state index is 12.6. The monoisotopic (exact) mass is 548 g/mol. The number of benzene rings is 2. The van der Waals surface area contributed by atoms with Gasteiger partial charge >= 0.3 is 5.97 Å². The Morgan fingerprint density at radius 1 is 1.14 bits per heavy atom. The largest absolute Gasteiger partial charge is 0.461 e. The molecule has 1 fully saturated rings. The number of halogens is 4. The summed E-state index contributed by atoms with van der Waals surface area (Å²) in [6.07, 6.45) is 0. The molecule has 3 rings (SSSR count). The van der Waals surface area contributed by atoms with Crippen LogP contribution in [0.15, 0.2) is 54.6 Å². The van der Waals surface area contributed by atoms with Crippen molar-refractivity contribution in [2.24, 2.45) is 17.3 Å². The van der Waals surface area contributed by atoms with Crippen molar-refractivity contribution in [3.8, 4) is 11.5 Å². The molecular weight excluding hydrogens is 531 g/mol. The van der Waals surface area contributed by atoms with Crippen LogP contribution < -0.4 is 4.74 Å². The first-order chi connectivity index (χ1) is 13.1. The first-order valence-corrected chi connectivity index (χ1v) is 11.2. The highest BCUT2D eigenvalue weighted by atomic mass is 79.9. The lowest BCUT2D eigenvalue weighted by molar-refractivity contribution is -0.147. The minimum Gasteiger partial charge on any atom is -0.461 e. The van der Waals surface area contributed by atoms with Gasteiger partial charge in [-0.05, 0) is 41.2 Å². The van der Waals surface area contributed by atoms with Crippen LogP contribution in [0.5, 0.6) is 11.5 Å². The number of carbonyl (C=O) groups is 1. The van der Waals surface area contributed by atoms with Crippen molar-refractivity contribution < 1.29 is 14.3 Å². The van der Waals surface area contributed by atoms with Crippen molar-refractivity contribution in [3.05, 3.63) is 60.2 Å². The Hall–Kier alpha value is -0.750. The molecule has 1 aliphatic carbocycles. The molecule has 28 heavy (non-hydrogen) atoms. The van der Waals surface area contributed by atoms with Gasteiger partial charge < -0.3 is 9.47 Å². The molecule has 0 N–H and O–H groups in total. The highest BCUT2D eigenvalue weighted by Crippen LogP contribution is 2.65. The quantitative estimate of drug-likeness (QED) is 0.273. The topological polar surface area (TPSA) is 35.5 Å². The van der Waals surface area contributed by atoms with Gasteiger partial charge in [0.15, 0.2) is 2.69 Å². The molecule has 150 valence electrons. The number of hydrogen-bond acceptors (Lipinski definition) is 3. The smallest absolute Gasteiger partial charge is 0.310 e. The molecule has 1 aliphatic rings. The molecule has 0 saturated heterocycles. The van der Waals surface area contributed by atoms with Crippen molar-refractivity contribution in [2.75, 3.05) is 0 Å². The fourth-order valence-corrected chi connectivity index (χ4v) is 4.62. The predicted molar refractivity (Wildman–Crippen MR) is 120 cm³/mol. The molecule has 3 nitrogen and oxygen atoms in total. The van der Waals surface area contributed by atoms with Crippen LogP contribution in [0.3, 0.4) is 0 Å². The van der Waals surface area contributed by atoms with E-state index in [0.717, 1.165) is 11.3 Å². The van der Waals surface area contributed by atoms with Gasteiger partial charge in [0, 0.05) is 0 Å². The molecule has 3 atom stereocenters. The summed E-state index contributed by atoms with van der Waals surface area (Å²) in [6, 6.07) is 17.0. The van der Waals surface area contributed by atoms with E-state index in [1.165, 1.54) is 0 Å². The van der Waals surface area contributed by atoms with Crippen molar-refractivity contribution in [3.63, 3.8) is 0 Å². The highest BCUT2D eigenvalue weighted by Gasteiger charge is 2.67. The minimum atomic E-state index is -0.957. The third kappa shape index (κ3) is 5.05. The van der Waals surface area contributed by atoms with E-state index in [9.17, 15) is 4.79 Å². The van der Waals surface area contributed by atoms with Crippen LogP contribution in [0.25, 0.3) is 0 Å².